The molecule has 0 radical (unpaired) electrons. The number of aromatic nitrogens is 1. The molecule has 1 aromatic carbocycles. The van der Waals surface area contributed by atoms with Crippen LogP contribution < -0.4 is 16.0 Å². The van der Waals surface area contributed by atoms with Crippen LogP contribution in [0, 0.1) is 17.8 Å². The lowest BCUT2D eigenvalue weighted by Crippen LogP contribution is -2.60. The highest BCUT2D eigenvalue weighted by Crippen LogP contribution is 2.55. The van der Waals surface area contributed by atoms with Gasteiger partial charge in [0.15, 0.2) is 5.13 Å². The number of carbonyl (C=O) groups is 1. The van der Waals surface area contributed by atoms with E-state index in [1.165, 1.54) is 38.5 Å². The summed E-state index contributed by atoms with van der Waals surface area (Å²) in [5, 5.41) is 12.4. The average molecular weight is 383 g/mol. The number of nitrogens with zero attached hydrogens (tertiary/aromatic N) is 1. The molecule has 27 heavy (non-hydrogen) atoms. The van der Waals surface area contributed by atoms with Gasteiger partial charge in [-0.1, -0.05) is 12.1 Å². The zero-order valence-corrected chi connectivity index (χ0v) is 16.4. The third kappa shape index (κ3) is 3.31. The van der Waals surface area contributed by atoms with Gasteiger partial charge in [0, 0.05) is 29.2 Å². The van der Waals surface area contributed by atoms with Gasteiger partial charge in [-0.15, -0.1) is 11.3 Å². The van der Waals surface area contributed by atoms with Crippen molar-refractivity contribution in [3.63, 3.8) is 0 Å². The lowest BCUT2D eigenvalue weighted by atomic mass is 9.53. The highest BCUT2D eigenvalue weighted by atomic mass is 32.1. The molecule has 4 aliphatic carbocycles. The van der Waals surface area contributed by atoms with Gasteiger partial charge in [-0.25, -0.2) is 9.78 Å². The fourth-order valence-electron chi connectivity index (χ4n) is 5.94. The molecule has 6 rings (SSSR count). The third-order valence-corrected chi connectivity index (χ3v) is 7.41. The predicted molar refractivity (Wildman–Crippen MR) is 110 cm³/mol. The second kappa shape index (κ2) is 6.51. The minimum Gasteiger partial charge on any atom is -0.365 e. The van der Waals surface area contributed by atoms with Gasteiger partial charge in [-0.3, -0.25) is 0 Å². The fourth-order valence-corrected chi connectivity index (χ4v) is 6.63. The smallest absolute Gasteiger partial charge is 0.319 e. The highest BCUT2D eigenvalue weighted by molar-refractivity contribution is 7.14. The number of hydrogen-bond acceptors (Lipinski definition) is 4. The van der Waals surface area contributed by atoms with E-state index in [2.05, 4.69) is 20.9 Å². The number of amides is 2. The fraction of sp³-hybridized carbons (Fsp3) is 0.524. The predicted octanol–water partition coefficient (Wildman–Crippen LogP) is 4.94. The van der Waals surface area contributed by atoms with Crippen LogP contribution in [0.5, 0.6) is 0 Å². The summed E-state index contributed by atoms with van der Waals surface area (Å²) in [4.78, 5) is 17.3. The molecule has 4 saturated carbocycles. The summed E-state index contributed by atoms with van der Waals surface area (Å²) in [5.41, 5.74) is 2.79. The van der Waals surface area contributed by atoms with Gasteiger partial charge in [-0.05, 0) is 68.4 Å². The van der Waals surface area contributed by atoms with Crippen LogP contribution in [0.25, 0.3) is 11.3 Å². The highest BCUT2D eigenvalue weighted by Gasteiger charge is 2.51. The van der Waals surface area contributed by atoms with Crippen LogP contribution in [0.15, 0.2) is 29.6 Å². The van der Waals surface area contributed by atoms with E-state index in [0.717, 1.165) is 39.8 Å². The summed E-state index contributed by atoms with van der Waals surface area (Å²) in [6.45, 7) is 0. The Morgan fingerprint density at radius 3 is 2.48 bits per heavy atom. The van der Waals surface area contributed by atoms with E-state index in [0.29, 0.717) is 0 Å². The van der Waals surface area contributed by atoms with E-state index >= 15 is 0 Å². The molecule has 1 aromatic heterocycles. The lowest BCUT2D eigenvalue weighted by molar-refractivity contribution is -0.0127. The van der Waals surface area contributed by atoms with E-state index in [9.17, 15) is 4.79 Å². The first-order valence-corrected chi connectivity index (χ1v) is 10.8. The second-order valence-corrected chi connectivity index (χ2v) is 9.50. The number of benzene rings is 1. The molecule has 0 saturated heterocycles. The molecular weight excluding hydrogens is 356 g/mol. The molecule has 142 valence electrons. The van der Waals surface area contributed by atoms with Gasteiger partial charge < -0.3 is 16.0 Å². The molecule has 2 amide bonds. The van der Waals surface area contributed by atoms with Crippen LogP contribution in [0.3, 0.4) is 0 Å². The zero-order chi connectivity index (χ0) is 18.4. The third-order valence-electron chi connectivity index (χ3n) is 6.55. The van der Waals surface area contributed by atoms with E-state index in [-0.39, 0.29) is 11.6 Å². The molecule has 6 heteroatoms. The Bertz CT molecular complexity index is 826. The first-order valence-electron chi connectivity index (χ1n) is 9.94. The standard InChI is InChI=1S/C21H26N4OS/c1-22-20-24-18(12-27-20)16-3-2-4-17(8-16)23-19(26)25-21-9-13-5-14(10-21)7-15(6-13)11-21/h2-4,8,12-15H,5-7,9-11H2,1H3,(H,22,24)(H2,23,25,26). The number of rotatable bonds is 4. The lowest BCUT2D eigenvalue weighted by Gasteiger charge is -2.56. The van der Waals surface area contributed by atoms with Gasteiger partial charge in [0.25, 0.3) is 0 Å². The van der Waals surface area contributed by atoms with Crippen LogP contribution in [0.2, 0.25) is 0 Å². The summed E-state index contributed by atoms with van der Waals surface area (Å²) in [7, 11) is 1.87. The molecule has 2 aromatic rings. The largest absolute Gasteiger partial charge is 0.365 e. The minimum atomic E-state index is -0.0664. The van der Waals surface area contributed by atoms with Crippen molar-refractivity contribution in [2.75, 3.05) is 17.7 Å². The number of carbonyl (C=O) groups excluding carboxylic acids is 1. The first kappa shape index (κ1) is 17.0. The van der Waals surface area contributed by atoms with Gasteiger partial charge in [-0.2, -0.15) is 0 Å². The molecule has 3 N–H and O–H groups in total. The number of thiazole rings is 1. The van der Waals surface area contributed by atoms with Crippen molar-refractivity contribution in [3.05, 3.63) is 29.6 Å². The topological polar surface area (TPSA) is 66.0 Å². The van der Waals surface area contributed by atoms with Gasteiger partial charge >= 0.3 is 6.03 Å². The van der Waals surface area contributed by atoms with Crippen LogP contribution in [0.4, 0.5) is 15.6 Å². The van der Waals surface area contributed by atoms with Crippen LogP contribution in [-0.4, -0.2) is 23.6 Å². The molecule has 4 aliphatic rings. The van der Waals surface area contributed by atoms with E-state index < -0.39 is 0 Å². The van der Waals surface area contributed by atoms with Crippen molar-refractivity contribution in [2.24, 2.45) is 17.8 Å². The van der Waals surface area contributed by atoms with Gasteiger partial charge in [0.2, 0.25) is 0 Å². The van der Waals surface area contributed by atoms with Crippen molar-refractivity contribution < 1.29 is 4.79 Å². The maximum Gasteiger partial charge on any atom is 0.319 e. The molecule has 0 atom stereocenters. The normalized spacial score (nSPS) is 30.9. The molecule has 4 bridgehead atoms. The summed E-state index contributed by atoms with van der Waals surface area (Å²) in [6, 6.07) is 7.86. The molecule has 4 fully saturated rings. The van der Waals surface area contributed by atoms with Crippen molar-refractivity contribution in [2.45, 2.75) is 44.1 Å². The number of hydrogen-bond donors (Lipinski definition) is 3. The Morgan fingerprint density at radius 2 is 1.85 bits per heavy atom. The maximum atomic E-state index is 12.7. The van der Waals surface area contributed by atoms with Crippen molar-refractivity contribution >= 4 is 28.2 Å². The monoisotopic (exact) mass is 382 g/mol. The van der Waals surface area contributed by atoms with Gasteiger partial charge in [0.05, 0.1) is 5.69 Å². The van der Waals surface area contributed by atoms with Crippen LogP contribution >= 0.6 is 11.3 Å². The van der Waals surface area contributed by atoms with Crippen LogP contribution in [0.1, 0.15) is 38.5 Å². The summed E-state index contributed by atoms with van der Waals surface area (Å²) in [6.07, 6.45) is 7.64. The number of anilines is 2. The molecule has 0 unspecified atom stereocenters. The second-order valence-electron chi connectivity index (χ2n) is 8.65. The summed E-state index contributed by atoms with van der Waals surface area (Å²) in [5.74, 6) is 2.47. The van der Waals surface area contributed by atoms with Crippen molar-refractivity contribution in [1.82, 2.24) is 10.3 Å². The Labute approximate surface area is 164 Å². The van der Waals surface area contributed by atoms with E-state index in [4.69, 9.17) is 0 Å². The molecule has 0 aliphatic heterocycles. The SMILES string of the molecule is CNc1nc(-c2cccc(NC(=O)NC34CC5CC(CC(C5)C3)C4)c2)cs1. The first-order chi connectivity index (χ1) is 13.1. The van der Waals surface area contributed by atoms with E-state index in [1.807, 2.05) is 36.7 Å². The van der Waals surface area contributed by atoms with E-state index in [1.54, 1.807) is 11.3 Å². The quantitative estimate of drug-likeness (QED) is 0.701. The Hall–Kier alpha value is -2.08. The summed E-state index contributed by atoms with van der Waals surface area (Å²) >= 11 is 1.58. The molecule has 5 nitrogen and oxygen atoms in total. The Kier molecular flexibility index (Phi) is 4.11. The number of nitrogens with one attached hydrogen (secondary N) is 3. The molecule has 0 spiro atoms. The summed E-state index contributed by atoms with van der Waals surface area (Å²) < 4.78 is 0. The zero-order valence-electron chi connectivity index (χ0n) is 15.6. The number of urea groups is 1. The van der Waals surface area contributed by atoms with Gasteiger partial charge in [0.1, 0.15) is 0 Å². The van der Waals surface area contributed by atoms with Crippen LogP contribution in [-0.2, 0) is 0 Å². The maximum absolute atomic E-state index is 12.7. The average Bonchev–Trinajstić information content (AvgIpc) is 3.09. The van der Waals surface area contributed by atoms with Crippen molar-refractivity contribution in [1.29, 1.82) is 0 Å². The Balaban J connectivity index is 1.28. The Morgan fingerprint density at radius 1 is 1.15 bits per heavy atom. The molecular formula is C21H26N4OS. The molecule has 1 heterocycles. The van der Waals surface area contributed by atoms with Crippen molar-refractivity contribution in [3.8, 4) is 11.3 Å². The minimum absolute atomic E-state index is 0.0348.